The molecule has 0 aliphatic carbocycles. The van der Waals surface area contributed by atoms with E-state index in [-0.39, 0.29) is 22.3 Å². The van der Waals surface area contributed by atoms with Crippen LogP contribution < -0.4 is 22.4 Å². The summed E-state index contributed by atoms with van der Waals surface area (Å²) in [5, 5.41) is 11.4. The number of benzene rings is 1. The quantitative estimate of drug-likeness (QED) is 0.509. The van der Waals surface area contributed by atoms with Gasteiger partial charge < -0.3 is 5.73 Å². The number of rotatable bonds is 3. The second-order valence-electron chi connectivity index (χ2n) is 6.05. The number of hydrogen-bond donors (Lipinski definition) is 2. The zero-order chi connectivity index (χ0) is 20.0. The van der Waals surface area contributed by atoms with Crippen LogP contribution in [0.25, 0.3) is 22.2 Å². The molecule has 0 spiro atoms. The fraction of sp³-hybridized carbons (Fsp3) is 0.188. The lowest BCUT2D eigenvalue weighted by Gasteiger charge is -2.10. The first-order valence-electron chi connectivity index (χ1n) is 7.76. The minimum atomic E-state index is -0.903. The van der Waals surface area contributed by atoms with E-state index in [1.807, 2.05) is 0 Å². The number of primary amides is 1. The van der Waals surface area contributed by atoms with Gasteiger partial charge in [0.2, 0.25) is 0 Å². The van der Waals surface area contributed by atoms with E-state index in [0.29, 0.717) is 11.1 Å². The molecule has 2 amide bonds. The molecule has 2 aromatic heterocycles. The number of nitrogens with one attached hydrogen (secondary N) is 1. The smallest absolute Gasteiger partial charge is 0.331 e. The average Bonchev–Trinajstić information content (AvgIpc) is 2.97. The molecule has 0 saturated carbocycles. The molecule has 11 nitrogen and oxygen atoms in total. The summed E-state index contributed by atoms with van der Waals surface area (Å²) in [4.78, 5) is 47.1. The van der Waals surface area contributed by atoms with Gasteiger partial charge in [0.25, 0.3) is 11.2 Å². The Morgan fingerprint density at radius 1 is 1.22 bits per heavy atom. The van der Waals surface area contributed by atoms with Gasteiger partial charge in [0.05, 0.1) is 27.7 Å². The molecule has 27 heavy (non-hydrogen) atoms. The van der Waals surface area contributed by atoms with Gasteiger partial charge in [-0.3, -0.25) is 28.7 Å². The lowest BCUT2D eigenvalue weighted by molar-refractivity contribution is -0.385. The SMILES string of the molecule is Cc1ccc(-c2c3c(=O)n(C)c(=O)n(C)c3cn2NC(N)=O)cc1[N+](=O)[O-]. The number of carbonyl (C=O) groups excluding carboxylic acids is 1. The second kappa shape index (κ2) is 6.12. The van der Waals surface area contributed by atoms with E-state index >= 15 is 0 Å². The van der Waals surface area contributed by atoms with Crippen LogP contribution in [0.2, 0.25) is 0 Å². The highest BCUT2D eigenvalue weighted by molar-refractivity contribution is 5.95. The van der Waals surface area contributed by atoms with Crippen LogP contribution >= 0.6 is 0 Å². The molecule has 0 aliphatic rings. The molecule has 3 rings (SSSR count). The maximum absolute atomic E-state index is 12.7. The molecule has 11 heteroatoms. The molecule has 3 N–H and O–H groups in total. The maximum Gasteiger partial charge on any atom is 0.331 e. The van der Waals surface area contributed by atoms with Crippen LogP contribution in [-0.2, 0) is 14.1 Å². The van der Waals surface area contributed by atoms with Crippen LogP contribution in [0, 0.1) is 17.0 Å². The third-order valence-corrected chi connectivity index (χ3v) is 4.35. The van der Waals surface area contributed by atoms with Gasteiger partial charge >= 0.3 is 11.7 Å². The molecule has 1 aromatic carbocycles. The number of aromatic nitrogens is 3. The van der Waals surface area contributed by atoms with E-state index in [1.165, 1.54) is 41.7 Å². The Morgan fingerprint density at radius 2 is 1.89 bits per heavy atom. The molecule has 0 unspecified atom stereocenters. The zero-order valence-corrected chi connectivity index (χ0v) is 14.7. The third kappa shape index (κ3) is 2.74. The standard InChI is InChI=1S/C16H16N6O5/c1-8-4-5-9(6-10(8)22(26)27)13-12-11(7-21(13)18-15(17)24)19(2)16(25)20(3)14(12)23/h4-7H,1-3H3,(H3,17,18,24). The van der Waals surface area contributed by atoms with Gasteiger partial charge in [0, 0.05) is 31.3 Å². The molecule has 0 saturated heterocycles. The first-order valence-corrected chi connectivity index (χ1v) is 7.76. The topological polar surface area (TPSA) is 147 Å². The first-order chi connectivity index (χ1) is 12.6. The monoisotopic (exact) mass is 372 g/mol. The van der Waals surface area contributed by atoms with E-state index < -0.39 is 22.2 Å². The number of fused-ring (bicyclic) bond motifs is 1. The first kappa shape index (κ1) is 17.9. The number of nitrogens with two attached hydrogens (primary N) is 1. The van der Waals surface area contributed by atoms with Gasteiger partial charge in [-0.15, -0.1) is 0 Å². The van der Waals surface area contributed by atoms with E-state index in [1.54, 1.807) is 13.0 Å². The highest BCUT2D eigenvalue weighted by Crippen LogP contribution is 2.31. The van der Waals surface area contributed by atoms with Crippen molar-refractivity contribution < 1.29 is 9.72 Å². The van der Waals surface area contributed by atoms with Crippen molar-refractivity contribution in [1.82, 2.24) is 13.8 Å². The number of nitrogens with zero attached hydrogens (tertiary/aromatic N) is 4. The van der Waals surface area contributed by atoms with Crippen molar-refractivity contribution in [1.29, 1.82) is 0 Å². The van der Waals surface area contributed by atoms with Gasteiger partial charge in [-0.2, -0.15) is 0 Å². The molecule has 2 heterocycles. The van der Waals surface area contributed by atoms with E-state index in [9.17, 15) is 24.5 Å². The lowest BCUT2D eigenvalue weighted by atomic mass is 10.1. The minimum Gasteiger partial charge on any atom is -0.350 e. The number of aryl methyl sites for hydroxylation is 2. The average molecular weight is 372 g/mol. The second-order valence-corrected chi connectivity index (χ2v) is 6.05. The number of amides is 2. The fourth-order valence-corrected chi connectivity index (χ4v) is 2.98. The Labute approximate surface area is 151 Å². The van der Waals surface area contributed by atoms with Crippen molar-refractivity contribution in [3.05, 3.63) is 60.9 Å². The molecule has 0 atom stereocenters. The molecule has 140 valence electrons. The van der Waals surface area contributed by atoms with E-state index in [4.69, 9.17) is 5.73 Å². The highest BCUT2D eigenvalue weighted by Gasteiger charge is 2.22. The summed E-state index contributed by atoms with van der Waals surface area (Å²) in [5.74, 6) is 0. The van der Waals surface area contributed by atoms with Crippen LogP contribution in [0.15, 0.2) is 34.0 Å². The third-order valence-electron chi connectivity index (χ3n) is 4.35. The summed E-state index contributed by atoms with van der Waals surface area (Å²) in [6, 6.07) is 3.52. The predicted molar refractivity (Wildman–Crippen MR) is 98.2 cm³/mol. The summed E-state index contributed by atoms with van der Waals surface area (Å²) in [7, 11) is 2.80. The maximum atomic E-state index is 12.7. The van der Waals surface area contributed by atoms with Crippen molar-refractivity contribution in [3.8, 4) is 11.3 Å². The summed E-state index contributed by atoms with van der Waals surface area (Å²) in [6.45, 7) is 1.59. The molecule has 0 fully saturated rings. The number of nitro groups is 1. The molecule has 3 aromatic rings. The normalized spacial score (nSPS) is 10.9. The van der Waals surface area contributed by atoms with Gasteiger partial charge in [0.15, 0.2) is 0 Å². The molecule has 0 bridgehead atoms. The predicted octanol–water partition coefficient (Wildman–Crippen LogP) is 0.545. The molecule has 0 radical (unpaired) electrons. The van der Waals surface area contributed by atoms with E-state index in [0.717, 1.165) is 4.57 Å². The van der Waals surface area contributed by atoms with Crippen molar-refractivity contribution in [2.45, 2.75) is 6.92 Å². The number of hydrogen-bond acceptors (Lipinski definition) is 5. The largest absolute Gasteiger partial charge is 0.350 e. The van der Waals surface area contributed by atoms with Gasteiger partial charge in [-0.05, 0) is 6.92 Å². The van der Waals surface area contributed by atoms with E-state index in [2.05, 4.69) is 5.43 Å². The van der Waals surface area contributed by atoms with Gasteiger partial charge in [0.1, 0.15) is 0 Å². The highest BCUT2D eigenvalue weighted by atomic mass is 16.6. The van der Waals surface area contributed by atoms with Crippen LogP contribution in [0.3, 0.4) is 0 Å². The van der Waals surface area contributed by atoms with Crippen LogP contribution in [-0.4, -0.2) is 24.8 Å². The van der Waals surface area contributed by atoms with Gasteiger partial charge in [-0.25, -0.2) is 15.0 Å². The summed E-state index contributed by atoms with van der Waals surface area (Å²) in [5.41, 5.74) is 7.42. The zero-order valence-electron chi connectivity index (χ0n) is 14.7. The number of carbonyl (C=O) groups is 1. The Hall–Kier alpha value is -3.89. The molecule has 0 aliphatic heterocycles. The Bertz CT molecular complexity index is 1230. The molecular weight excluding hydrogens is 356 g/mol. The van der Waals surface area contributed by atoms with Crippen LogP contribution in [0.4, 0.5) is 10.5 Å². The number of urea groups is 1. The minimum absolute atomic E-state index is 0.117. The Kier molecular flexibility index (Phi) is 4.06. The van der Waals surface area contributed by atoms with Crippen molar-refractivity contribution in [3.63, 3.8) is 0 Å². The molecular formula is C16H16N6O5. The van der Waals surface area contributed by atoms with Crippen molar-refractivity contribution >= 4 is 22.6 Å². The van der Waals surface area contributed by atoms with Crippen molar-refractivity contribution in [2.75, 3.05) is 5.43 Å². The number of nitro benzene ring substituents is 1. The Balaban J connectivity index is 2.49. The Morgan fingerprint density at radius 3 is 2.48 bits per heavy atom. The fourth-order valence-electron chi connectivity index (χ4n) is 2.98. The van der Waals surface area contributed by atoms with Crippen LogP contribution in [0.1, 0.15) is 5.56 Å². The lowest BCUT2D eigenvalue weighted by Crippen LogP contribution is -2.36. The van der Waals surface area contributed by atoms with Gasteiger partial charge in [-0.1, -0.05) is 12.1 Å². The summed E-state index contributed by atoms with van der Waals surface area (Å²) < 4.78 is 3.34. The van der Waals surface area contributed by atoms with Crippen molar-refractivity contribution in [2.24, 2.45) is 19.8 Å². The summed E-state index contributed by atoms with van der Waals surface area (Å²) in [6.07, 6.45) is 1.36. The summed E-state index contributed by atoms with van der Waals surface area (Å²) >= 11 is 0. The van der Waals surface area contributed by atoms with Crippen LogP contribution in [0.5, 0.6) is 0 Å².